The third-order valence-electron chi connectivity index (χ3n) is 5.86. The largest absolute Gasteiger partial charge is 0.477 e. The molecule has 1 aliphatic heterocycles. The smallest absolute Gasteiger partial charge is 0.341 e. The second-order valence-electron chi connectivity index (χ2n) is 10.2. The van der Waals surface area contributed by atoms with Crippen molar-refractivity contribution in [3.05, 3.63) is 60.3 Å². The molecule has 2 heterocycles. The van der Waals surface area contributed by atoms with Gasteiger partial charge in [-0.1, -0.05) is 6.07 Å². The quantitative estimate of drug-likeness (QED) is 0.336. The van der Waals surface area contributed by atoms with Crippen LogP contribution in [0.4, 0.5) is 28.8 Å². The summed E-state index contributed by atoms with van der Waals surface area (Å²) in [7, 11) is -1.66. The van der Waals surface area contributed by atoms with Gasteiger partial charge in [0, 0.05) is 55.0 Å². The van der Waals surface area contributed by atoms with Crippen LogP contribution in [0.15, 0.2) is 59.6 Å². The van der Waals surface area contributed by atoms with Gasteiger partial charge in [0.1, 0.15) is 5.56 Å². The van der Waals surface area contributed by atoms with Crippen molar-refractivity contribution in [2.24, 2.45) is 0 Å². The lowest BCUT2D eigenvalue weighted by molar-refractivity contribution is 0.0697. The highest BCUT2D eigenvalue weighted by molar-refractivity contribution is 7.89. The fourth-order valence-electron chi connectivity index (χ4n) is 3.98. The number of carbonyl (C=O) groups is 1. The molecule has 3 aromatic rings. The van der Waals surface area contributed by atoms with Gasteiger partial charge in [0.25, 0.3) is 0 Å². The maximum absolute atomic E-state index is 12.8. The number of hydrogen-bond acceptors (Lipinski definition) is 9. The van der Waals surface area contributed by atoms with Gasteiger partial charge in [-0.25, -0.2) is 22.9 Å². The van der Waals surface area contributed by atoms with Crippen molar-refractivity contribution in [2.45, 2.75) is 31.2 Å². The molecule has 2 aromatic carbocycles. The van der Waals surface area contributed by atoms with Gasteiger partial charge in [0.15, 0.2) is 5.82 Å². The number of anilines is 5. The maximum Gasteiger partial charge on any atom is 0.341 e. The highest BCUT2D eigenvalue weighted by Gasteiger charge is 2.23. The van der Waals surface area contributed by atoms with E-state index in [1.54, 1.807) is 32.9 Å². The maximum atomic E-state index is 12.8. The molecule has 12 heteroatoms. The Morgan fingerprint density at radius 3 is 2.29 bits per heavy atom. The summed E-state index contributed by atoms with van der Waals surface area (Å²) in [6, 6.07) is 14.0. The zero-order valence-electron chi connectivity index (χ0n) is 21.9. The van der Waals surface area contributed by atoms with E-state index in [0.29, 0.717) is 5.69 Å². The lowest BCUT2D eigenvalue weighted by atomic mass is 10.1. The molecule has 1 aliphatic rings. The Morgan fingerprint density at radius 1 is 0.974 bits per heavy atom. The minimum absolute atomic E-state index is 0.0300. The van der Waals surface area contributed by atoms with E-state index in [1.807, 2.05) is 24.3 Å². The van der Waals surface area contributed by atoms with Crippen LogP contribution in [0.2, 0.25) is 0 Å². The summed E-state index contributed by atoms with van der Waals surface area (Å²) in [5.74, 6) is -0.987. The number of benzene rings is 2. The lowest BCUT2D eigenvalue weighted by Gasteiger charge is -2.34. The van der Waals surface area contributed by atoms with Crippen molar-refractivity contribution in [2.75, 3.05) is 48.8 Å². The van der Waals surface area contributed by atoms with Crippen LogP contribution in [0.5, 0.6) is 0 Å². The molecule has 0 aliphatic carbocycles. The van der Waals surface area contributed by atoms with Crippen LogP contribution >= 0.6 is 0 Å². The van der Waals surface area contributed by atoms with Crippen LogP contribution < -0.4 is 20.3 Å². The number of rotatable bonds is 8. The van der Waals surface area contributed by atoms with Gasteiger partial charge in [-0.15, -0.1) is 0 Å². The monoisotopic (exact) mass is 539 g/mol. The number of nitrogens with zero attached hydrogens (tertiary/aromatic N) is 4. The third-order valence-corrected chi connectivity index (χ3v) is 7.61. The normalized spacial score (nSPS) is 14.8. The Morgan fingerprint density at radius 2 is 1.66 bits per heavy atom. The van der Waals surface area contributed by atoms with Crippen LogP contribution in [-0.2, 0) is 10.0 Å². The second kappa shape index (κ2) is 10.9. The number of aromatic carboxylic acids is 1. The molecule has 0 bridgehead atoms. The summed E-state index contributed by atoms with van der Waals surface area (Å²) in [6.07, 6.45) is 1.21. The average Bonchev–Trinajstić information content (AvgIpc) is 2.84. The number of carboxylic acid groups (broad SMARTS) is 1. The van der Waals surface area contributed by atoms with Crippen molar-refractivity contribution in [1.82, 2.24) is 19.6 Å². The Bertz CT molecular complexity index is 1400. The molecule has 1 fully saturated rings. The zero-order valence-corrected chi connectivity index (χ0v) is 22.7. The molecule has 1 aromatic heterocycles. The van der Waals surface area contributed by atoms with Gasteiger partial charge in [0.05, 0.1) is 4.90 Å². The van der Waals surface area contributed by atoms with E-state index < -0.39 is 21.5 Å². The first-order valence-corrected chi connectivity index (χ1v) is 13.7. The summed E-state index contributed by atoms with van der Waals surface area (Å²) < 4.78 is 28.1. The number of likely N-dealkylation sites (N-methyl/N-ethyl adjacent to an activating group) is 1. The van der Waals surface area contributed by atoms with Crippen molar-refractivity contribution in [3.8, 4) is 0 Å². The molecule has 4 N–H and O–H groups in total. The summed E-state index contributed by atoms with van der Waals surface area (Å²) in [6.45, 7) is 9.21. The molecule has 202 valence electrons. The predicted octanol–water partition coefficient (Wildman–Crippen LogP) is 3.49. The Labute approximate surface area is 223 Å². The van der Waals surface area contributed by atoms with Crippen LogP contribution in [-0.4, -0.2) is 73.1 Å². The number of sulfonamides is 1. The highest BCUT2D eigenvalue weighted by atomic mass is 32.2. The van der Waals surface area contributed by atoms with E-state index in [-0.39, 0.29) is 22.2 Å². The molecular weight excluding hydrogens is 506 g/mol. The molecule has 0 atom stereocenters. The number of hydrogen-bond donors (Lipinski definition) is 4. The second-order valence-corrected chi connectivity index (χ2v) is 11.9. The molecular formula is C26H33N7O4S. The van der Waals surface area contributed by atoms with E-state index >= 15 is 0 Å². The molecule has 0 saturated carbocycles. The fraction of sp³-hybridized carbons (Fsp3) is 0.346. The minimum atomic E-state index is -3.78. The van der Waals surface area contributed by atoms with Gasteiger partial charge >= 0.3 is 5.97 Å². The molecule has 0 spiro atoms. The van der Waals surface area contributed by atoms with E-state index in [1.165, 1.54) is 18.3 Å². The zero-order chi connectivity index (χ0) is 27.5. The SMILES string of the molecule is CN1CCN(c2ccc(Nc3ncc(C(=O)O)c(Nc4cccc(S(=O)(=O)NC(C)(C)C)c4)n3)cc2)CC1. The molecule has 4 rings (SSSR count). The summed E-state index contributed by atoms with van der Waals surface area (Å²) in [4.78, 5) is 25.0. The van der Waals surface area contributed by atoms with Crippen LogP contribution in [0.1, 0.15) is 31.1 Å². The average molecular weight is 540 g/mol. The fourth-order valence-corrected chi connectivity index (χ4v) is 5.45. The molecule has 0 unspecified atom stereocenters. The molecule has 0 amide bonds. The first kappa shape index (κ1) is 27.3. The van der Waals surface area contributed by atoms with Crippen LogP contribution in [0.25, 0.3) is 0 Å². The standard InChI is InChI=1S/C26H33N7O4S/c1-26(2,3)31-38(36,37)21-7-5-6-19(16-21)28-23-22(24(34)35)17-27-25(30-23)29-18-8-10-20(11-9-18)33-14-12-32(4)13-15-33/h5-11,16-17,31H,12-15H2,1-4H3,(H,34,35)(H2,27,28,29,30). The van der Waals surface area contributed by atoms with Gasteiger partial charge in [-0.2, -0.15) is 4.98 Å². The first-order chi connectivity index (χ1) is 17.9. The van der Waals surface area contributed by atoms with E-state index in [9.17, 15) is 18.3 Å². The molecule has 38 heavy (non-hydrogen) atoms. The third kappa shape index (κ3) is 6.97. The van der Waals surface area contributed by atoms with Crippen molar-refractivity contribution < 1.29 is 18.3 Å². The Balaban J connectivity index is 1.53. The molecule has 11 nitrogen and oxygen atoms in total. The van der Waals surface area contributed by atoms with Crippen molar-refractivity contribution in [1.29, 1.82) is 0 Å². The van der Waals surface area contributed by atoms with Gasteiger partial charge in [-0.05, 0) is 70.3 Å². The van der Waals surface area contributed by atoms with E-state index in [0.717, 1.165) is 37.6 Å². The molecule has 0 radical (unpaired) electrons. The van der Waals surface area contributed by atoms with Crippen molar-refractivity contribution in [3.63, 3.8) is 0 Å². The number of aromatic nitrogens is 2. The van der Waals surface area contributed by atoms with Crippen LogP contribution in [0, 0.1) is 0 Å². The predicted molar refractivity (Wildman–Crippen MR) is 148 cm³/mol. The van der Waals surface area contributed by atoms with Gasteiger partial charge in [-0.3, -0.25) is 0 Å². The summed E-state index contributed by atoms with van der Waals surface area (Å²) in [5.41, 5.74) is 1.43. The topological polar surface area (TPSA) is 140 Å². The van der Waals surface area contributed by atoms with Gasteiger partial charge in [0.2, 0.25) is 16.0 Å². The minimum Gasteiger partial charge on any atom is -0.477 e. The van der Waals surface area contributed by atoms with Crippen LogP contribution in [0.3, 0.4) is 0 Å². The number of carboxylic acids is 1. The Hall–Kier alpha value is -3.74. The number of nitrogens with one attached hydrogen (secondary N) is 3. The van der Waals surface area contributed by atoms with E-state index in [2.05, 4.69) is 42.2 Å². The summed E-state index contributed by atoms with van der Waals surface area (Å²) in [5, 5.41) is 15.7. The highest BCUT2D eigenvalue weighted by Crippen LogP contribution is 2.25. The van der Waals surface area contributed by atoms with E-state index in [4.69, 9.17) is 0 Å². The van der Waals surface area contributed by atoms with Crippen molar-refractivity contribution >= 4 is 44.8 Å². The lowest BCUT2D eigenvalue weighted by Crippen LogP contribution is -2.44. The van der Waals surface area contributed by atoms with Gasteiger partial charge < -0.3 is 25.5 Å². The summed E-state index contributed by atoms with van der Waals surface area (Å²) >= 11 is 0. The number of piperazine rings is 1. The molecule has 1 saturated heterocycles. The first-order valence-electron chi connectivity index (χ1n) is 12.2. The Kier molecular flexibility index (Phi) is 7.86.